The lowest BCUT2D eigenvalue weighted by molar-refractivity contribution is -0.387. The maximum atomic E-state index is 13.6. The van der Waals surface area contributed by atoms with E-state index in [4.69, 9.17) is 0 Å². The van der Waals surface area contributed by atoms with Gasteiger partial charge in [-0.1, -0.05) is 6.07 Å². The molecule has 110 valence electrons. The van der Waals surface area contributed by atoms with E-state index in [1.165, 1.54) is 12.1 Å². The lowest BCUT2D eigenvalue weighted by atomic mass is 9.93. The molecule has 0 saturated carbocycles. The zero-order valence-electron chi connectivity index (χ0n) is 11.3. The average molecular weight is 290 g/mol. The van der Waals surface area contributed by atoms with Crippen molar-refractivity contribution in [3.8, 4) is 0 Å². The standard InChI is InChI=1S/C15H15FN2O3/c16-13-6-10(4-5-14(13)18(20)21)7-17-8-11-2-1-3-15(19)12(11)9-17/h4-6,8-9,15,19H,1-3,7H2. The van der Waals surface area contributed by atoms with Crippen molar-refractivity contribution < 1.29 is 14.4 Å². The molecule has 0 saturated heterocycles. The quantitative estimate of drug-likeness (QED) is 0.698. The molecule has 1 heterocycles. The van der Waals surface area contributed by atoms with Gasteiger partial charge in [0, 0.05) is 30.6 Å². The van der Waals surface area contributed by atoms with E-state index in [2.05, 4.69) is 0 Å². The van der Waals surface area contributed by atoms with Gasteiger partial charge in [-0.15, -0.1) is 0 Å². The molecular formula is C15H15FN2O3. The molecule has 3 rings (SSSR count). The van der Waals surface area contributed by atoms with Crippen LogP contribution in [-0.2, 0) is 13.0 Å². The van der Waals surface area contributed by atoms with Crippen molar-refractivity contribution in [3.63, 3.8) is 0 Å². The summed E-state index contributed by atoms with van der Waals surface area (Å²) >= 11 is 0. The Morgan fingerprint density at radius 1 is 1.43 bits per heavy atom. The van der Waals surface area contributed by atoms with Gasteiger partial charge < -0.3 is 9.67 Å². The Kier molecular flexibility index (Phi) is 3.47. The van der Waals surface area contributed by atoms with Gasteiger partial charge in [0.15, 0.2) is 0 Å². The second-order valence-corrected chi connectivity index (χ2v) is 5.36. The summed E-state index contributed by atoms with van der Waals surface area (Å²) < 4.78 is 15.5. The molecular weight excluding hydrogens is 275 g/mol. The Morgan fingerprint density at radius 2 is 2.24 bits per heavy atom. The molecule has 0 aliphatic heterocycles. The minimum atomic E-state index is -0.825. The fraction of sp³-hybridized carbons (Fsp3) is 0.333. The molecule has 0 amide bonds. The normalized spacial score (nSPS) is 17.5. The predicted octanol–water partition coefficient (Wildman–Crippen LogP) is 2.95. The Bertz CT molecular complexity index is 696. The van der Waals surface area contributed by atoms with Crippen LogP contribution in [0.2, 0.25) is 0 Å². The van der Waals surface area contributed by atoms with Crippen molar-refractivity contribution in [2.75, 3.05) is 0 Å². The summed E-state index contributed by atoms with van der Waals surface area (Å²) in [5.41, 5.74) is 2.20. The van der Waals surface area contributed by atoms with E-state index in [1.807, 2.05) is 17.0 Å². The molecule has 1 aromatic carbocycles. The lowest BCUT2D eigenvalue weighted by Crippen LogP contribution is -2.05. The smallest absolute Gasteiger partial charge is 0.304 e. The minimum absolute atomic E-state index is 0.425. The maximum absolute atomic E-state index is 13.6. The molecule has 5 nitrogen and oxygen atoms in total. The fourth-order valence-electron chi connectivity index (χ4n) is 2.82. The molecule has 6 heteroatoms. The van der Waals surface area contributed by atoms with Crippen molar-refractivity contribution in [2.45, 2.75) is 31.9 Å². The number of aliphatic hydroxyl groups is 1. The molecule has 1 N–H and O–H groups in total. The van der Waals surface area contributed by atoms with Gasteiger partial charge in [-0.05, 0) is 36.5 Å². The lowest BCUT2D eigenvalue weighted by Gasteiger charge is -2.16. The van der Waals surface area contributed by atoms with Gasteiger partial charge in [0.1, 0.15) is 0 Å². The summed E-state index contributed by atoms with van der Waals surface area (Å²) in [5, 5.41) is 20.5. The molecule has 0 fully saturated rings. The molecule has 1 aliphatic carbocycles. The number of hydrogen-bond donors (Lipinski definition) is 1. The number of rotatable bonds is 3. The first kappa shape index (κ1) is 13.8. The van der Waals surface area contributed by atoms with Crippen molar-refractivity contribution >= 4 is 5.69 Å². The van der Waals surface area contributed by atoms with E-state index in [1.54, 1.807) is 6.07 Å². The number of aromatic nitrogens is 1. The van der Waals surface area contributed by atoms with Gasteiger partial charge in [-0.2, -0.15) is 4.39 Å². The van der Waals surface area contributed by atoms with Crippen molar-refractivity contribution in [3.05, 3.63) is 63.2 Å². The second-order valence-electron chi connectivity index (χ2n) is 5.36. The van der Waals surface area contributed by atoms with E-state index in [0.717, 1.165) is 30.4 Å². The summed E-state index contributed by atoms with van der Waals surface area (Å²) in [4.78, 5) is 9.86. The van der Waals surface area contributed by atoms with Crippen LogP contribution in [0.1, 0.15) is 35.6 Å². The molecule has 0 bridgehead atoms. The number of hydrogen-bond acceptors (Lipinski definition) is 3. The molecule has 0 radical (unpaired) electrons. The van der Waals surface area contributed by atoms with Crippen LogP contribution >= 0.6 is 0 Å². The highest BCUT2D eigenvalue weighted by molar-refractivity contribution is 5.36. The van der Waals surface area contributed by atoms with Crippen LogP contribution in [0.3, 0.4) is 0 Å². The van der Waals surface area contributed by atoms with E-state index in [9.17, 15) is 19.6 Å². The van der Waals surface area contributed by atoms with Crippen LogP contribution in [0.5, 0.6) is 0 Å². The van der Waals surface area contributed by atoms with Crippen molar-refractivity contribution in [1.29, 1.82) is 0 Å². The third-order valence-electron chi connectivity index (χ3n) is 3.85. The molecule has 1 aromatic heterocycles. The zero-order valence-corrected chi connectivity index (χ0v) is 11.3. The number of nitro groups is 1. The molecule has 1 aliphatic rings. The summed E-state index contributed by atoms with van der Waals surface area (Å²) in [5.74, 6) is -0.825. The largest absolute Gasteiger partial charge is 0.388 e. The Balaban J connectivity index is 1.84. The molecule has 2 aromatic rings. The fourth-order valence-corrected chi connectivity index (χ4v) is 2.82. The van der Waals surface area contributed by atoms with Crippen LogP contribution in [0.25, 0.3) is 0 Å². The average Bonchev–Trinajstić information content (AvgIpc) is 2.82. The number of nitrogens with zero attached hydrogens (tertiary/aromatic N) is 2. The Labute approximate surface area is 120 Å². The van der Waals surface area contributed by atoms with E-state index in [-0.39, 0.29) is 0 Å². The highest BCUT2D eigenvalue weighted by atomic mass is 19.1. The van der Waals surface area contributed by atoms with Gasteiger partial charge in [-0.3, -0.25) is 10.1 Å². The van der Waals surface area contributed by atoms with Crippen LogP contribution in [0.4, 0.5) is 10.1 Å². The Morgan fingerprint density at radius 3 is 2.90 bits per heavy atom. The van der Waals surface area contributed by atoms with Crippen LogP contribution in [-0.4, -0.2) is 14.6 Å². The van der Waals surface area contributed by atoms with Gasteiger partial charge in [0.25, 0.3) is 0 Å². The maximum Gasteiger partial charge on any atom is 0.304 e. The third kappa shape index (κ3) is 2.67. The highest BCUT2D eigenvalue weighted by Gasteiger charge is 2.20. The predicted molar refractivity (Wildman–Crippen MR) is 74.5 cm³/mol. The van der Waals surface area contributed by atoms with Gasteiger partial charge in [0.05, 0.1) is 11.0 Å². The van der Waals surface area contributed by atoms with Crippen LogP contribution in [0.15, 0.2) is 30.6 Å². The van der Waals surface area contributed by atoms with E-state index < -0.39 is 22.5 Å². The van der Waals surface area contributed by atoms with Gasteiger partial charge >= 0.3 is 5.69 Å². The Hall–Kier alpha value is -2.21. The number of aryl methyl sites for hydroxylation is 1. The van der Waals surface area contributed by atoms with Crippen LogP contribution in [0, 0.1) is 15.9 Å². The first-order valence-corrected chi connectivity index (χ1v) is 6.84. The summed E-state index contributed by atoms with van der Waals surface area (Å²) in [6.07, 6.45) is 6.07. The zero-order chi connectivity index (χ0) is 15.0. The highest BCUT2D eigenvalue weighted by Crippen LogP contribution is 2.30. The number of benzene rings is 1. The van der Waals surface area contributed by atoms with E-state index >= 15 is 0 Å². The van der Waals surface area contributed by atoms with Crippen LogP contribution < -0.4 is 0 Å². The number of nitro benzene ring substituents is 1. The second kappa shape index (κ2) is 5.29. The van der Waals surface area contributed by atoms with Gasteiger partial charge in [-0.25, -0.2) is 0 Å². The first-order valence-electron chi connectivity index (χ1n) is 6.84. The van der Waals surface area contributed by atoms with Crippen molar-refractivity contribution in [2.24, 2.45) is 0 Å². The minimum Gasteiger partial charge on any atom is -0.388 e. The topological polar surface area (TPSA) is 68.3 Å². The van der Waals surface area contributed by atoms with Gasteiger partial charge in [0.2, 0.25) is 5.82 Å². The first-order chi connectivity index (χ1) is 10.0. The molecule has 1 atom stereocenters. The van der Waals surface area contributed by atoms with E-state index in [0.29, 0.717) is 12.1 Å². The van der Waals surface area contributed by atoms with Crippen molar-refractivity contribution in [1.82, 2.24) is 4.57 Å². The summed E-state index contributed by atoms with van der Waals surface area (Å²) in [6.45, 7) is 0.425. The summed E-state index contributed by atoms with van der Waals surface area (Å²) in [7, 11) is 0. The number of aliphatic hydroxyl groups excluding tert-OH is 1. The molecule has 1 unspecified atom stereocenters. The monoisotopic (exact) mass is 290 g/mol. The SMILES string of the molecule is O=[N+]([O-])c1ccc(Cn2cc3c(c2)C(O)CCC3)cc1F. The molecule has 0 spiro atoms. The molecule has 21 heavy (non-hydrogen) atoms. The third-order valence-corrected chi connectivity index (χ3v) is 3.85. The number of fused-ring (bicyclic) bond motifs is 1. The number of halogens is 1. The summed E-state index contributed by atoms with van der Waals surface area (Å²) in [6, 6.07) is 3.92.